The molecule has 0 aliphatic heterocycles. The average molecular weight is 274 g/mol. The molecule has 1 heterocycles. The van der Waals surface area contributed by atoms with E-state index in [0.29, 0.717) is 0 Å². The molecule has 0 radical (unpaired) electrons. The van der Waals surface area contributed by atoms with Gasteiger partial charge in [-0.25, -0.2) is 0 Å². The van der Waals surface area contributed by atoms with Crippen LogP contribution in [0.1, 0.15) is 25.0 Å². The van der Waals surface area contributed by atoms with Gasteiger partial charge < -0.3 is 15.0 Å². The maximum atomic E-state index is 11.0. The molecule has 0 aliphatic rings. The lowest BCUT2D eigenvalue weighted by Gasteiger charge is -2.17. The maximum absolute atomic E-state index is 11.0. The van der Waals surface area contributed by atoms with Crippen LogP contribution in [0.4, 0.5) is 0 Å². The van der Waals surface area contributed by atoms with Crippen LogP contribution < -0.4 is 0 Å². The number of rotatable bonds is 7. The van der Waals surface area contributed by atoms with Crippen LogP contribution >= 0.6 is 0 Å². The van der Waals surface area contributed by atoms with Crippen molar-refractivity contribution in [2.75, 3.05) is 19.6 Å². The summed E-state index contributed by atoms with van der Waals surface area (Å²) in [5.74, 6) is -0.784. The SMILES string of the molecule is CCN(CC)CCc1c[nH]c2cccc(CC(=O)O)c12. The minimum absolute atomic E-state index is 0.0768. The van der Waals surface area contributed by atoms with Crippen molar-refractivity contribution in [2.24, 2.45) is 0 Å². The summed E-state index contributed by atoms with van der Waals surface area (Å²) in [5, 5.41) is 10.1. The van der Waals surface area contributed by atoms with Gasteiger partial charge in [-0.1, -0.05) is 26.0 Å². The second-order valence-corrected chi connectivity index (χ2v) is 5.00. The van der Waals surface area contributed by atoms with Gasteiger partial charge in [0.05, 0.1) is 6.42 Å². The van der Waals surface area contributed by atoms with E-state index in [9.17, 15) is 4.79 Å². The highest BCUT2D eigenvalue weighted by Gasteiger charge is 2.11. The van der Waals surface area contributed by atoms with Gasteiger partial charge in [-0.05, 0) is 36.7 Å². The molecule has 0 amide bonds. The number of carbonyl (C=O) groups is 1. The predicted molar refractivity (Wildman–Crippen MR) is 81.1 cm³/mol. The molecule has 0 unspecified atom stereocenters. The molecule has 0 bridgehead atoms. The molecule has 2 aromatic rings. The van der Waals surface area contributed by atoms with E-state index < -0.39 is 5.97 Å². The first kappa shape index (κ1) is 14.6. The second-order valence-electron chi connectivity index (χ2n) is 5.00. The molecule has 1 aromatic carbocycles. The lowest BCUT2D eigenvalue weighted by molar-refractivity contribution is -0.136. The minimum Gasteiger partial charge on any atom is -0.481 e. The fourth-order valence-corrected chi connectivity index (χ4v) is 2.66. The monoisotopic (exact) mass is 274 g/mol. The van der Waals surface area contributed by atoms with Crippen molar-refractivity contribution in [1.82, 2.24) is 9.88 Å². The molecule has 0 atom stereocenters. The van der Waals surface area contributed by atoms with E-state index in [4.69, 9.17) is 5.11 Å². The number of fused-ring (bicyclic) bond motifs is 1. The van der Waals surface area contributed by atoms with Crippen LogP contribution in [0.2, 0.25) is 0 Å². The number of nitrogens with one attached hydrogen (secondary N) is 1. The molecule has 20 heavy (non-hydrogen) atoms. The van der Waals surface area contributed by atoms with Gasteiger partial charge >= 0.3 is 5.97 Å². The van der Waals surface area contributed by atoms with Gasteiger partial charge in [-0.2, -0.15) is 0 Å². The summed E-state index contributed by atoms with van der Waals surface area (Å²) in [5.41, 5.74) is 3.13. The van der Waals surface area contributed by atoms with Gasteiger partial charge in [0.25, 0.3) is 0 Å². The quantitative estimate of drug-likeness (QED) is 0.816. The first-order valence-electron chi connectivity index (χ1n) is 7.17. The summed E-state index contributed by atoms with van der Waals surface area (Å²) in [6.45, 7) is 7.41. The van der Waals surface area contributed by atoms with E-state index in [-0.39, 0.29) is 6.42 Å². The van der Waals surface area contributed by atoms with Crippen molar-refractivity contribution in [2.45, 2.75) is 26.7 Å². The summed E-state index contributed by atoms with van der Waals surface area (Å²) in [6.07, 6.45) is 3.03. The molecular weight excluding hydrogens is 252 g/mol. The summed E-state index contributed by atoms with van der Waals surface area (Å²) < 4.78 is 0. The highest BCUT2D eigenvalue weighted by Crippen LogP contribution is 2.23. The predicted octanol–water partition coefficient (Wildman–Crippen LogP) is 2.68. The number of aromatic nitrogens is 1. The van der Waals surface area contributed by atoms with Crippen molar-refractivity contribution in [3.8, 4) is 0 Å². The van der Waals surface area contributed by atoms with Crippen LogP contribution in [0.25, 0.3) is 10.9 Å². The zero-order valence-electron chi connectivity index (χ0n) is 12.1. The molecule has 4 nitrogen and oxygen atoms in total. The largest absolute Gasteiger partial charge is 0.481 e. The Kier molecular flexibility index (Phi) is 4.79. The highest BCUT2D eigenvalue weighted by molar-refractivity contribution is 5.89. The smallest absolute Gasteiger partial charge is 0.307 e. The van der Waals surface area contributed by atoms with Gasteiger partial charge in [0.2, 0.25) is 0 Å². The molecule has 0 spiro atoms. The van der Waals surface area contributed by atoms with E-state index in [0.717, 1.165) is 42.5 Å². The molecule has 0 saturated heterocycles. The zero-order chi connectivity index (χ0) is 14.5. The van der Waals surface area contributed by atoms with E-state index in [1.807, 2.05) is 24.4 Å². The van der Waals surface area contributed by atoms with E-state index in [2.05, 4.69) is 23.7 Å². The molecule has 0 aliphatic carbocycles. The van der Waals surface area contributed by atoms with Gasteiger partial charge in [0, 0.05) is 23.6 Å². The second kappa shape index (κ2) is 6.57. The Morgan fingerprint density at radius 2 is 2.00 bits per heavy atom. The fraction of sp³-hybridized carbons (Fsp3) is 0.438. The van der Waals surface area contributed by atoms with E-state index in [1.54, 1.807) is 0 Å². The third-order valence-electron chi connectivity index (χ3n) is 3.81. The molecule has 108 valence electrons. The maximum Gasteiger partial charge on any atom is 0.307 e. The highest BCUT2D eigenvalue weighted by atomic mass is 16.4. The minimum atomic E-state index is -0.784. The summed E-state index contributed by atoms with van der Waals surface area (Å²) in [6, 6.07) is 5.82. The number of aromatic amines is 1. The standard InChI is InChI=1S/C16H22N2O2/c1-3-18(4-2)9-8-13-11-17-14-7-5-6-12(16(13)14)10-15(19)20/h5-7,11,17H,3-4,8-10H2,1-2H3,(H,19,20). The van der Waals surface area contributed by atoms with Crippen molar-refractivity contribution in [3.63, 3.8) is 0 Å². The van der Waals surface area contributed by atoms with Crippen LogP contribution in [0.3, 0.4) is 0 Å². The molecule has 2 N–H and O–H groups in total. The Balaban J connectivity index is 2.27. The first-order valence-corrected chi connectivity index (χ1v) is 7.17. The van der Waals surface area contributed by atoms with Crippen LogP contribution in [0, 0.1) is 0 Å². The topological polar surface area (TPSA) is 56.3 Å². The fourth-order valence-electron chi connectivity index (χ4n) is 2.66. The van der Waals surface area contributed by atoms with Crippen LogP contribution in [-0.4, -0.2) is 40.6 Å². The van der Waals surface area contributed by atoms with Crippen molar-refractivity contribution >= 4 is 16.9 Å². The number of hydrogen-bond acceptors (Lipinski definition) is 2. The summed E-state index contributed by atoms with van der Waals surface area (Å²) >= 11 is 0. The van der Waals surface area contributed by atoms with Gasteiger partial charge in [-0.15, -0.1) is 0 Å². The lowest BCUT2D eigenvalue weighted by Crippen LogP contribution is -2.25. The summed E-state index contributed by atoms with van der Waals surface area (Å²) in [4.78, 5) is 16.6. The first-order chi connectivity index (χ1) is 9.65. The van der Waals surface area contributed by atoms with Crippen LogP contribution in [0.5, 0.6) is 0 Å². The van der Waals surface area contributed by atoms with Gasteiger partial charge in [0.1, 0.15) is 0 Å². The Hall–Kier alpha value is -1.81. The molecular formula is C16H22N2O2. The lowest BCUT2D eigenvalue weighted by atomic mass is 10.0. The van der Waals surface area contributed by atoms with Crippen molar-refractivity contribution < 1.29 is 9.90 Å². The van der Waals surface area contributed by atoms with E-state index in [1.165, 1.54) is 5.56 Å². The number of carboxylic acids is 1. The molecule has 0 fully saturated rings. The summed E-state index contributed by atoms with van der Waals surface area (Å²) in [7, 11) is 0. The normalized spacial score (nSPS) is 11.3. The Morgan fingerprint density at radius 3 is 2.65 bits per heavy atom. The molecule has 4 heteroatoms. The Morgan fingerprint density at radius 1 is 1.25 bits per heavy atom. The van der Waals surface area contributed by atoms with E-state index >= 15 is 0 Å². The number of aliphatic carboxylic acids is 1. The van der Waals surface area contributed by atoms with Crippen LogP contribution in [0.15, 0.2) is 24.4 Å². The van der Waals surface area contributed by atoms with Crippen molar-refractivity contribution in [3.05, 3.63) is 35.5 Å². The molecule has 0 saturated carbocycles. The van der Waals surface area contributed by atoms with Gasteiger partial charge in [0.15, 0.2) is 0 Å². The van der Waals surface area contributed by atoms with Crippen LogP contribution in [-0.2, 0) is 17.6 Å². The third kappa shape index (κ3) is 3.20. The molecule has 1 aromatic heterocycles. The number of nitrogens with zero attached hydrogens (tertiary/aromatic N) is 1. The molecule has 2 rings (SSSR count). The Bertz CT molecular complexity index is 585. The third-order valence-corrected chi connectivity index (χ3v) is 3.81. The average Bonchev–Trinajstić information content (AvgIpc) is 2.84. The number of carboxylic acid groups (broad SMARTS) is 1. The number of likely N-dealkylation sites (N-methyl/N-ethyl adjacent to an activating group) is 1. The van der Waals surface area contributed by atoms with Crippen molar-refractivity contribution in [1.29, 1.82) is 0 Å². The number of H-pyrrole nitrogens is 1. The van der Waals surface area contributed by atoms with Gasteiger partial charge in [-0.3, -0.25) is 4.79 Å². The Labute approximate surface area is 119 Å². The zero-order valence-corrected chi connectivity index (χ0v) is 12.1. The number of benzene rings is 1. The number of hydrogen-bond donors (Lipinski definition) is 2.